The molecule has 1 aliphatic rings. The van der Waals surface area contributed by atoms with Crippen molar-refractivity contribution in [3.8, 4) is 0 Å². The number of halogens is 2. The SMILES string of the molecule is NC(=O)N1CCCC(NCC(F)F)C1. The molecule has 2 amide bonds. The number of nitrogens with zero attached hydrogens (tertiary/aromatic N) is 1. The summed E-state index contributed by atoms with van der Waals surface area (Å²) in [5.74, 6) is 0. The first-order valence-electron chi connectivity index (χ1n) is 4.65. The van der Waals surface area contributed by atoms with Crippen molar-refractivity contribution in [2.75, 3.05) is 19.6 Å². The molecule has 1 saturated heterocycles. The third-order valence-electron chi connectivity index (χ3n) is 2.29. The average Bonchev–Trinajstić information content (AvgIpc) is 2.15. The molecule has 1 atom stereocenters. The molecule has 0 aromatic heterocycles. The quantitative estimate of drug-likeness (QED) is 0.703. The standard InChI is InChI=1S/C8H15F2N3O/c9-7(10)4-12-6-2-1-3-13(5-6)8(11)14/h6-7,12H,1-5H2,(H2,11,14). The second kappa shape index (κ2) is 5.09. The van der Waals surface area contributed by atoms with Gasteiger partial charge in [-0.15, -0.1) is 0 Å². The summed E-state index contributed by atoms with van der Waals surface area (Å²) < 4.78 is 23.8. The summed E-state index contributed by atoms with van der Waals surface area (Å²) in [6, 6.07) is -0.529. The monoisotopic (exact) mass is 207 g/mol. The highest BCUT2D eigenvalue weighted by molar-refractivity contribution is 5.72. The van der Waals surface area contributed by atoms with Crippen LogP contribution in [0.15, 0.2) is 0 Å². The van der Waals surface area contributed by atoms with E-state index in [-0.39, 0.29) is 12.6 Å². The fraction of sp³-hybridized carbons (Fsp3) is 0.875. The van der Waals surface area contributed by atoms with Gasteiger partial charge in [-0.1, -0.05) is 0 Å². The second-order valence-electron chi connectivity index (χ2n) is 3.42. The first-order valence-corrected chi connectivity index (χ1v) is 4.65. The Labute approximate surface area is 81.4 Å². The van der Waals surface area contributed by atoms with Gasteiger partial charge in [-0.2, -0.15) is 0 Å². The highest BCUT2D eigenvalue weighted by Crippen LogP contribution is 2.09. The van der Waals surface area contributed by atoms with Crippen LogP contribution in [0.1, 0.15) is 12.8 Å². The van der Waals surface area contributed by atoms with Crippen LogP contribution < -0.4 is 11.1 Å². The van der Waals surface area contributed by atoms with E-state index in [0.717, 1.165) is 12.8 Å². The lowest BCUT2D eigenvalue weighted by Gasteiger charge is -2.31. The summed E-state index contributed by atoms with van der Waals surface area (Å²) in [5, 5.41) is 2.71. The number of nitrogens with two attached hydrogens (primary N) is 1. The molecule has 1 unspecified atom stereocenters. The molecule has 0 aromatic rings. The van der Waals surface area contributed by atoms with Crippen LogP contribution in [-0.4, -0.2) is 43.0 Å². The molecule has 1 heterocycles. The van der Waals surface area contributed by atoms with Crippen molar-refractivity contribution in [3.05, 3.63) is 0 Å². The van der Waals surface area contributed by atoms with Gasteiger partial charge in [0.1, 0.15) is 0 Å². The minimum absolute atomic E-state index is 0.0507. The molecule has 0 bridgehead atoms. The lowest BCUT2D eigenvalue weighted by molar-refractivity contribution is 0.130. The van der Waals surface area contributed by atoms with Crippen molar-refractivity contribution in [2.45, 2.75) is 25.3 Å². The first-order chi connectivity index (χ1) is 6.59. The van der Waals surface area contributed by atoms with Crippen molar-refractivity contribution >= 4 is 6.03 Å². The fourth-order valence-corrected chi connectivity index (χ4v) is 1.60. The van der Waals surface area contributed by atoms with Crippen molar-refractivity contribution in [1.82, 2.24) is 10.2 Å². The van der Waals surface area contributed by atoms with E-state index in [9.17, 15) is 13.6 Å². The lowest BCUT2D eigenvalue weighted by Crippen LogP contribution is -2.50. The van der Waals surface area contributed by atoms with Crippen molar-refractivity contribution in [1.29, 1.82) is 0 Å². The van der Waals surface area contributed by atoms with Crippen LogP contribution in [-0.2, 0) is 0 Å². The Hall–Kier alpha value is -0.910. The van der Waals surface area contributed by atoms with Crippen LogP contribution in [0.3, 0.4) is 0 Å². The van der Waals surface area contributed by atoms with Crippen molar-refractivity contribution < 1.29 is 13.6 Å². The maximum atomic E-state index is 11.9. The van der Waals surface area contributed by atoms with E-state index in [0.29, 0.717) is 13.1 Å². The van der Waals surface area contributed by atoms with E-state index in [2.05, 4.69) is 5.32 Å². The maximum Gasteiger partial charge on any atom is 0.314 e. The number of hydrogen-bond donors (Lipinski definition) is 2. The minimum Gasteiger partial charge on any atom is -0.351 e. The molecular formula is C8H15F2N3O. The Morgan fingerprint density at radius 2 is 2.36 bits per heavy atom. The van der Waals surface area contributed by atoms with Crippen LogP contribution in [0.5, 0.6) is 0 Å². The highest BCUT2D eigenvalue weighted by atomic mass is 19.3. The summed E-state index contributed by atoms with van der Waals surface area (Å²) in [7, 11) is 0. The molecule has 0 spiro atoms. The number of alkyl halides is 2. The molecule has 82 valence electrons. The molecule has 0 aliphatic carbocycles. The summed E-state index contributed by atoms with van der Waals surface area (Å²) in [4.78, 5) is 12.3. The van der Waals surface area contributed by atoms with Gasteiger partial charge in [-0.3, -0.25) is 0 Å². The molecular weight excluding hydrogens is 192 g/mol. The van der Waals surface area contributed by atoms with Gasteiger partial charge in [-0.05, 0) is 12.8 Å². The van der Waals surface area contributed by atoms with Gasteiger partial charge in [0.2, 0.25) is 0 Å². The number of nitrogens with one attached hydrogen (secondary N) is 1. The highest BCUT2D eigenvalue weighted by Gasteiger charge is 2.22. The fourth-order valence-electron chi connectivity index (χ4n) is 1.60. The Balaban J connectivity index is 2.29. The third kappa shape index (κ3) is 3.45. The zero-order valence-corrected chi connectivity index (χ0v) is 7.88. The molecule has 4 nitrogen and oxygen atoms in total. The predicted octanol–water partition coefficient (Wildman–Crippen LogP) is 0.384. The number of amides is 2. The van der Waals surface area contributed by atoms with E-state index in [4.69, 9.17) is 5.73 Å². The van der Waals surface area contributed by atoms with Gasteiger partial charge in [0.05, 0.1) is 6.54 Å². The molecule has 3 N–H and O–H groups in total. The molecule has 1 rings (SSSR count). The third-order valence-corrected chi connectivity index (χ3v) is 2.29. The number of urea groups is 1. The second-order valence-corrected chi connectivity index (χ2v) is 3.42. The van der Waals surface area contributed by atoms with Crippen LogP contribution >= 0.6 is 0 Å². The van der Waals surface area contributed by atoms with Gasteiger partial charge in [-0.25, -0.2) is 13.6 Å². The number of piperidine rings is 1. The number of likely N-dealkylation sites (tertiary alicyclic amines) is 1. The summed E-state index contributed by atoms with van der Waals surface area (Å²) in [6.07, 6.45) is -0.723. The van der Waals surface area contributed by atoms with E-state index < -0.39 is 12.5 Å². The molecule has 0 saturated carbocycles. The molecule has 14 heavy (non-hydrogen) atoms. The Kier molecular flexibility index (Phi) is 4.06. The summed E-state index contributed by atoms with van der Waals surface area (Å²) in [6.45, 7) is 0.738. The van der Waals surface area contributed by atoms with Gasteiger partial charge >= 0.3 is 6.03 Å². The Bertz CT molecular complexity index is 201. The number of rotatable bonds is 3. The zero-order chi connectivity index (χ0) is 10.6. The van der Waals surface area contributed by atoms with Crippen LogP contribution in [0.2, 0.25) is 0 Å². The van der Waals surface area contributed by atoms with Crippen molar-refractivity contribution in [3.63, 3.8) is 0 Å². The first kappa shape index (κ1) is 11.2. The van der Waals surface area contributed by atoms with Crippen LogP contribution in [0.4, 0.5) is 13.6 Å². The normalized spacial score (nSPS) is 22.8. The van der Waals surface area contributed by atoms with Crippen molar-refractivity contribution in [2.24, 2.45) is 5.73 Å². The van der Waals surface area contributed by atoms with E-state index in [1.54, 1.807) is 0 Å². The predicted molar refractivity (Wildman–Crippen MR) is 48.2 cm³/mol. The molecule has 0 aromatic carbocycles. The van der Waals surface area contributed by atoms with E-state index >= 15 is 0 Å². The molecule has 6 heteroatoms. The maximum absolute atomic E-state index is 11.9. The minimum atomic E-state index is -2.35. The Morgan fingerprint density at radius 3 is 2.93 bits per heavy atom. The van der Waals surface area contributed by atoms with E-state index in [1.165, 1.54) is 4.90 Å². The average molecular weight is 207 g/mol. The molecule has 1 fully saturated rings. The van der Waals surface area contributed by atoms with E-state index in [1.807, 2.05) is 0 Å². The number of carbonyl (C=O) groups excluding carboxylic acids is 1. The van der Waals surface area contributed by atoms with Gasteiger partial charge in [0.15, 0.2) is 0 Å². The Morgan fingerprint density at radius 1 is 1.64 bits per heavy atom. The largest absolute Gasteiger partial charge is 0.351 e. The summed E-state index contributed by atoms with van der Waals surface area (Å²) in [5.41, 5.74) is 5.10. The lowest BCUT2D eigenvalue weighted by atomic mass is 10.1. The number of hydrogen-bond acceptors (Lipinski definition) is 2. The van der Waals surface area contributed by atoms with Crippen LogP contribution in [0.25, 0.3) is 0 Å². The number of carbonyl (C=O) groups is 1. The number of primary amides is 1. The topological polar surface area (TPSA) is 58.4 Å². The molecule has 1 aliphatic heterocycles. The van der Waals surface area contributed by atoms with Gasteiger partial charge in [0, 0.05) is 19.1 Å². The summed E-state index contributed by atoms with van der Waals surface area (Å²) >= 11 is 0. The van der Waals surface area contributed by atoms with Gasteiger partial charge in [0.25, 0.3) is 6.43 Å². The smallest absolute Gasteiger partial charge is 0.314 e. The van der Waals surface area contributed by atoms with Gasteiger partial charge < -0.3 is 16.0 Å². The molecule has 0 radical (unpaired) electrons. The van der Waals surface area contributed by atoms with Crippen LogP contribution in [0, 0.1) is 0 Å². The zero-order valence-electron chi connectivity index (χ0n) is 7.88.